The molecule has 1 amide bonds. The van der Waals surface area contributed by atoms with E-state index in [9.17, 15) is 14.4 Å². The van der Waals surface area contributed by atoms with Crippen LogP contribution in [0.25, 0.3) is 6.08 Å². The second-order valence-electron chi connectivity index (χ2n) is 6.57. The van der Waals surface area contributed by atoms with Crippen molar-refractivity contribution in [3.63, 3.8) is 0 Å². The molecular formula is C24H17BrClFN2O2. The van der Waals surface area contributed by atoms with Crippen LogP contribution in [-0.4, -0.2) is 5.91 Å². The van der Waals surface area contributed by atoms with Gasteiger partial charge in [0, 0.05) is 6.54 Å². The molecule has 0 bridgehead atoms. The quantitative estimate of drug-likeness (QED) is 0.318. The molecule has 7 heteroatoms. The number of carbonyl (C=O) groups is 1. The molecule has 0 aliphatic carbocycles. The Morgan fingerprint density at radius 1 is 1.13 bits per heavy atom. The molecule has 156 valence electrons. The first-order chi connectivity index (χ1) is 15.0. The lowest BCUT2D eigenvalue weighted by Gasteiger charge is -2.11. The van der Waals surface area contributed by atoms with E-state index in [4.69, 9.17) is 16.3 Å². The van der Waals surface area contributed by atoms with Gasteiger partial charge in [0.25, 0.3) is 5.91 Å². The highest BCUT2D eigenvalue weighted by molar-refractivity contribution is 9.10. The first kappa shape index (κ1) is 22.5. The number of amides is 1. The van der Waals surface area contributed by atoms with E-state index in [2.05, 4.69) is 21.2 Å². The highest BCUT2D eigenvalue weighted by atomic mass is 79.9. The van der Waals surface area contributed by atoms with Crippen LogP contribution in [-0.2, 0) is 17.9 Å². The summed E-state index contributed by atoms with van der Waals surface area (Å²) in [6, 6.07) is 20.7. The Labute approximate surface area is 193 Å². The number of benzene rings is 3. The minimum absolute atomic E-state index is 0.0488. The zero-order chi connectivity index (χ0) is 22.2. The third-order valence-corrected chi connectivity index (χ3v) is 5.13. The minimum atomic E-state index is -0.481. The maximum Gasteiger partial charge on any atom is 0.262 e. The molecule has 0 aliphatic rings. The second kappa shape index (κ2) is 10.8. The summed E-state index contributed by atoms with van der Waals surface area (Å²) in [5, 5.41) is 12.4. The van der Waals surface area contributed by atoms with E-state index >= 15 is 0 Å². The van der Waals surface area contributed by atoms with Crippen LogP contribution >= 0.6 is 27.5 Å². The van der Waals surface area contributed by atoms with Gasteiger partial charge in [-0.25, -0.2) is 4.39 Å². The van der Waals surface area contributed by atoms with Gasteiger partial charge in [-0.15, -0.1) is 0 Å². The molecule has 0 spiro atoms. The SMILES string of the molecule is N#C/C(=C/c1cc(Cl)c(OCc2cccc(F)c2)c(Br)c1)C(=O)NCc1ccccc1. The average molecular weight is 500 g/mol. The molecule has 0 aromatic heterocycles. The van der Waals surface area contributed by atoms with E-state index in [1.54, 1.807) is 24.3 Å². The van der Waals surface area contributed by atoms with E-state index in [1.165, 1.54) is 18.2 Å². The van der Waals surface area contributed by atoms with E-state index < -0.39 is 5.91 Å². The maximum absolute atomic E-state index is 13.3. The van der Waals surface area contributed by atoms with Crippen molar-refractivity contribution in [1.29, 1.82) is 5.26 Å². The largest absolute Gasteiger partial charge is 0.486 e. The van der Waals surface area contributed by atoms with Crippen molar-refractivity contribution in [2.75, 3.05) is 0 Å². The highest BCUT2D eigenvalue weighted by Crippen LogP contribution is 2.35. The molecule has 0 saturated heterocycles. The lowest BCUT2D eigenvalue weighted by atomic mass is 10.1. The zero-order valence-electron chi connectivity index (χ0n) is 16.2. The van der Waals surface area contributed by atoms with Crippen LogP contribution in [0, 0.1) is 17.1 Å². The fraction of sp³-hybridized carbons (Fsp3) is 0.0833. The molecule has 4 nitrogen and oxygen atoms in total. The number of nitriles is 1. The lowest BCUT2D eigenvalue weighted by Crippen LogP contribution is -2.23. The first-order valence-corrected chi connectivity index (χ1v) is 10.4. The van der Waals surface area contributed by atoms with Gasteiger partial charge in [0.1, 0.15) is 24.1 Å². The first-order valence-electron chi connectivity index (χ1n) is 9.26. The Balaban J connectivity index is 1.71. The molecule has 0 fully saturated rings. The third-order valence-electron chi connectivity index (χ3n) is 4.26. The van der Waals surface area contributed by atoms with Crippen molar-refractivity contribution >= 4 is 39.5 Å². The van der Waals surface area contributed by atoms with Crippen LogP contribution in [0.15, 0.2) is 76.8 Å². The summed E-state index contributed by atoms with van der Waals surface area (Å²) < 4.78 is 19.6. The Morgan fingerprint density at radius 3 is 2.55 bits per heavy atom. The Kier molecular flexibility index (Phi) is 7.82. The molecule has 3 aromatic rings. The van der Waals surface area contributed by atoms with Crippen LogP contribution in [0.3, 0.4) is 0 Å². The summed E-state index contributed by atoms with van der Waals surface area (Å²) in [5.41, 5.74) is 2.10. The molecule has 0 heterocycles. The van der Waals surface area contributed by atoms with Crippen molar-refractivity contribution in [1.82, 2.24) is 5.32 Å². The predicted octanol–water partition coefficient (Wildman–Crippen LogP) is 6.04. The molecule has 3 rings (SSSR count). The summed E-state index contributed by atoms with van der Waals surface area (Å²) in [6.07, 6.45) is 1.45. The molecule has 0 aliphatic heterocycles. The zero-order valence-corrected chi connectivity index (χ0v) is 18.6. The van der Waals surface area contributed by atoms with Gasteiger partial charge in [-0.2, -0.15) is 5.26 Å². The Morgan fingerprint density at radius 2 is 1.87 bits per heavy atom. The van der Waals surface area contributed by atoms with E-state index in [0.29, 0.717) is 32.9 Å². The molecule has 3 aromatic carbocycles. The number of carbonyl (C=O) groups excluding carboxylic acids is 1. The number of halogens is 3. The second-order valence-corrected chi connectivity index (χ2v) is 7.83. The van der Waals surface area contributed by atoms with Crippen molar-refractivity contribution in [3.8, 4) is 11.8 Å². The Hall–Kier alpha value is -3.14. The standard InChI is InChI=1S/C24H17BrClFN2O2/c25-21-11-18(9-19(13-28)24(30)29-14-16-5-2-1-3-6-16)12-22(26)23(21)31-15-17-7-4-8-20(27)10-17/h1-12H,14-15H2,(H,29,30)/b19-9-. The summed E-state index contributed by atoms with van der Waals surface area (Å²) in [7, 11) is 0. The van der Waals surface area contributed by atoms with Gasteiger partial charge in [0.15, 0.2) is 5.75 Å². The fourth-order valence-corrected chi connectivity index (χ4v) is 3.76. The maximum atomic E-state index is 13.3. The van der Waals surface area contributed by atoms with Gasteiger partial charge in [-0.1, -0.05) is 54.1 Å². The molecular weight excluding hydrogens is 483 g/mol. The highest BCUT2D eigenvalue weighted by Gasteiger charge is 2.13. The molecule has 31 heavy (non-hydrogen) atoms. The summed E-state index contributed by atoms with van der Waals surface area (Å²) in [5.74, 6) is -0.443. The van der Waals surface area contributed by atoms with Gasteiger partial charge in [0.2, 0.25) is 0 Å². The number of rotatable bonds is 7. The van der Waals surface area contributed by atoms with Gasteiger partial charge < -0.3 is 10.1 Å². The molecule has 0 unspecified atom stereocenters. The van der Waals surface area contributed by atoms with E-state index in [1.807, 2.05) is 36.4 Å². The number of nitrogens with zero attached hydrogens (tertiary/aromatic N) is 1. The predicted molar refractivity (Wildman–Crippen MR) is 122 cm³/mol. The normalized spacial score (nSPS) is 11.0. The van der Waals surface area contributed by atoms with Gasteiger partial charge in [0.05, 0.1) is 9.50 Å². The molecule has 0 radical (unpaired) electrons. The number of ether oxygens (including phenoxy) is 1. The van der Waals surface area contributed by atoms with Crippen molar-refractivity contribution in [2.45, 2.75) is 13.2 Å². The van der Waals surface area contributed by atoms with E-state index in [0.717, 1.165) is 5.56 Å². The number of hydrogen-bond acceptors (Lipinski definition) is 3. The number of hydrogen-bond donors (Lipinski definition) is 1. The monoisotopic (exact) mass is 498 g/mol. The lowest BCUT2D eigenvalue weighted by molar-refractivity contribution is -0.117. The summed E-state index contributed by atoms with van der Waals surface area (Å²) in [4.78, 5) is 12.4. The van der Waals surface area contributed by atoms with Gasteiger partial charge in [-0.05, 0) is 63.0 Å². The number of nitrogens with one attached hydrogen (secondary N) is 1. The van der Waals surface area contributed by atoms with Crippen LogP contribution in [0.2, 0.25) is 5.02 Å². The average Bonchev–Trinajstić information content (AvgIpc) is 2.76. The van der Waals surface area contributed by atoms with Crippen LogP contribution in [0.5, 0.6) is 5.75 Å². The van der Waals surface area contributed by atoms with Crippen LogP contribution < -0.4 is 10.1 Å². The van der Waals surface area contributed by atoms with Gasteiger partial charge >= 0.3 is 0 Å². The minimum Gasteiger partial charge on any atom is -0.486 e. The van der Waals surface area contributed by atoms with Gasteiger partial charge in [-0.3, -0.25) is 4.79 Å². The molecule has 0 atom stereocenters. The van der Waals surface area contributed by atoms with Crippen molar-refractivity contribution in [3.05, 3.63) is 104 Å². The van der Waals surface area contributed by atoms with Crippen LogP contribution in [0.4, 0.5) is 4.39 Å². The Bertz CT molecular complexity index is 1140. The van der Waals surface area contributed by atoms with Crippen molar-refractivity contribution < 1.29 is 13.9 Å². The third kappa shape index (κ3) is 6.42. The molecule has 1 N–H and O–H groups in total. The van der Waals surface area contributed by atoms with Crippen LogP contribution in [0.1, 0.15) is 16.7 Å². The summed E-state index contributed by atoms with van der Waals surface area (Å²) in [6.45, 7) is 0.451. The molecule has 0 saturated carbocycles. The smallest absolute Gasteiger partial charge is 0.262 e. The van der Waals surface area contributed by atoms with Crippen molar-refractivity contribution in [2.24, 2.45) is 0 Å². The summed E-state index contributed by atoms with van der Waals surface area (Å²) >= 11 is 9.74. The fourth-order valence-electron chi connectivity index (χ4n) is 2.77. The topological polar surface area (TPSA) is 62.1 Å². The van der Waals surface area contributed by atoms with E-state index in [-0.39, 0.29) is 18.0 Å².